The monoisotopic (exact) mass is 427 g/mol. The molecule has 2 rings (SSSR count). The van der Waals surface area contributed by atoms with Crippen molar-refractivity contribution in [2.75, 3.05) is 23.0 Å². The molecule has 0 amide bonds. The molecule has 1 aliphatic heterocycles. The van der Waals surface area contributed by atoms with Gasteiger partial charge in [0.15, 0.2) is 14.7 Å². The number of halogens is 1. The number of alkyl halides is 1. The van der Waals surface area contributed by atoms with Gasteiger partial charge in [-0.2, -0.15) is 0 Å². The fourth-order valence-electron chi connectivity index (χ4n) is 1.79. The van der Waals surface area contributed by atoms with E-state index in [1.54, 1.807) is 19.1 Å². The molecule has 0 aromatic heterocycles. The molecule has 1 saturated heterocycles. The Hall–Kier alpha value is -0.280. The van der Waals surface area contributed by atoms with E-state index in [0.717, 1.165) is 4.90 Å². The average Bonchev–Trinajstić information content (AvgIpc) is 2.39. The molecular weight excluding hydrogens is 411 g/mol. The van der Waals surface area contributed by atoms with E-state index in [4.69, 9.17) is 4.74 Å². The molecule has 1 heterocycles. The van der Waals surface area contributed by atoms with Crippen molar-refractivity contribution in [1.29, 1.82) is 0 Å². The van der Waals surface area contributed by atoms with Crippen LogP contribution >= 0.6 is 22.6 Å². The predicted molar refractivity (Wildman–Crippen MR) is 89.6 cm³/mol. The number of benzene rings is 1. The van der Waals surface area contributed by atoms with Crippen molar-refractivity contribution >= 4 is 49.3 Å². The third kappa shape index (κ3) is 4.36. The standard InChI is InChI=1S/C13H16IO4S2/c1-10(14)13(15)18-11-2-4-12(5-3-11)19-6-8-20(16,17)9-7-19/h2-5,10H,6-9H2,1H3/q+1. The SMILES string of the molecule is CC(I)C(=O)Oc1ccc([S+]2CCS(=O)(=O)CC2)cc1. The number of hydrogen-bond acceptors (Lipinski definition) is 4. The highest BCUT2D eigenvalue weighted by Crippen LogP contribution is 2.22. The Labute approximate surface area is 135 Å². The first kappa shape index (κ1) is 16.1. The maximum atomic E-state index is 11.5. The molecule has 7 heteroatoms. The first-order valence-corrected chi connectivity index (χ1v) is 10.8. The maximum absolute atomic E-state index is 11.5. The topological polar surface area (TPSA) is 60.4 Å². The first-order valence-electron chi connectivity index (χ1n) is 6.21. The lowest BCUT2D eigenvalue weighted by molar-refractivity contribution is -0.133. The quantitative estimate of drug-likeness (QED) is 0.243. The van der Waals surface area contributed by atoms with Gasteiger partial charge in [0, 0.05) is 10.9 Å². The molecule has 0 N–H and O–H groups in total. The molecule has 110 valence electrons. The van der Waals surface area contributed by atoms with E-state index in [0.29, 0.717) is 17.3 Å². The summed E-state index contributed by atoms with van der Waals surface area (Å²) in [6.07, 6.45) is 0. The van der Waals surface area contributed by atoms with Crippen molar-refractivity contribution in [1.82, 2.24) is 0 Å². The second-order valence-corrected chi connectivity index (χ2v) is 11.0. The largest absolute Gasteiger partial charge is 0.426 e. The molecule has 0 bridgehead atoms. The fraction of sp³-hybridized carbons (Fsp3) is 0.462. The number of carbonyl (C=O) groups is 1. The summed E-state index contributed by atoms with van der Waals surface area (Å²) in [4.78, 5) is 12.6. The van der Waals surface area contributed by atoms with Crippen LogP contribution in [0.15, 0.2) is 29.2 Å². The summed E-state index contributed by atoms with van der Waals surface area (Å²) in [5.74, 6) is 2.23. The van der Waals surface area contributed by atoms with Gasteiger partial charge in [0.05, 0.1) is 11.5 Å². The maximum Gasteiger partial charge on any atom is 0.323 e. The molecule has 1 unspecified atom stereocenters. The molecule has 0 radical (unpaired) electrons. The Morgan fingerprint density at radius 1 is 1.25 bits per heavy atom. The van der Waals surface area contributed by atoms with Crippen molar-refractivity contribution in [3.05, 3.63) is 24.3 Å². The van der Waals surface area contributed by atoms with Gasteiger partial charge < -0.3 is 4.74 Å². The van der Waals surface area contributed by atoms with E-state index >= 15 is 0 Å². The van der Waals surface area contributed by atoms with E-state index in [9.17, 15) is 13.2 Å². The average molecular weight is 427 g/mol. The Bertz CT molecular complexity index is 567. The summed E-state index contributed by atoms with van der Waals surface area (Å²) in [5, 5.41) is 0. The highest BCUT2D eigenvalue weighted by Gasteiger charge is 2.32. The number of carbonyl (C=O) groups excluding carboxylic acids is 1. The van der Waals surface area contributed by atoms with E-state index in [1.165, 1.54) is 0 Å². The Kier molecular flexibility index (Phi) is 5.36. The Morgan fingerprint density at radius 3 is 2.30 bits per heavy atom. The van der Waals surface area contributed by atoms with Crippen LogP contribution in [0.4, 0.5) is 0 Å². The minimum atomic E-state index is -2.82. The van der Waals surface area contributed by atoms with Crippen LogP contribution in [0, 0.1) is 0 Å². The van der Waals surface area contributed by atoms with Crippen LogP contribution in [0.5, 0.6) is 5.75 Å². The number of hydrogen-bond donors (Lipinski definition) is 0. The molecule has 0 spiro atoms. The first-order chi connectivity index (χ1) is 9.37. The van der Waals surface area contributed by atoms with E-state index in [1.807, 2.05) is 34.7 Å². The minimum absolute atomic E-state index is 0.00551. The molecule has 1 aliphatic rings. The zero-order valence-electron chi connectivity index (χ0n) is 11.0. The van der Waals surface area contributed by atoms with Crippen molar-refractivity contribution in [3.63, 3.8) is 0 Å². The Morgan fingerprint density at radius 2 is 1.80 bits per heavy atom. The third-order valence-electron chi connectivity index (χ3n) is 2.98. The van der Waals surface area contributed by atoms with Crippen molar-refractivity contribution in [3.8, 4) is 5.75 Å². The van der Waals surface area contributed by atoms with Gasteiger partial charge in [-0.1, -0.05) is 22.6 Å². The second kappa shape index (κ2) is 6.65. The van der Waals surface area contributed by atoms with E-state index < -0.39 is 9.84 Å². The Balaban J connectivity index is 2.00. The minimum Gasteiger partial charge on any atom is -0.426 e. The van der Waals surface area contributed by atoms with Gasteiger partial charge in [-0.05, 0) is 31.2 Å². The summed E-state index contributed by atoms with van der Waals surface area (Å²) in [7, 11) is -2.83. The zero-order valence-corrected chi connectivity index (χ0v) is 14.8. The third-order valence-corrected chi connectivity index (χ3v) is 7.99. The highest BCUT2D eigenvalue weighted by atomic mass is 127. The lowest BCUT2D eigenvalue weighted by Crippen LogP contribution is -2.32. The number of rotatable bonds is 3. The molecule has 1 aromatic rings. The van der Waals surface area contributed by atoms with Gasteiger partial charge in [0.1, 0.15) is 21.2 Å². The van der Waals surface area contributed by atoms with Crippen LogP contribution in [0.1, 0.15) is 6.92 Å². The molecule has 1 atom stereocenters. The fourth-order valence-corrected chi connectivity index (χ4v) is 6.96. The predicted octanol–water partition coefficient (Wildman–Crippen LogP) is 1.82. The smallest absolute Gasteiger partial charge is 0.323 e. The van der Waals surface area contributed by atoms with Gasteiger partial charge in [0.2, 0.25) is 0 Å². The summed E-state index contributed by atoms with van der Waals surface area (Å²) in [6.45, 7) is 1.78. The van der Waals surface area contributed by atoms with Crippen molar-refractivity contribution in [2.24, 2.45) is 0 Å². The molecule has 4 nitrogen and oxygen atoms in total. The van der Waals surface area contributed by atoms with Crippen LogP contribution in [0.25, 0.3) is 0 Å². The number of sulfone groups is 1. The molecular formula is C13H16IO4S2+. The van der Waals surface area contributed by atoms with Crippen LogP contribution < -0.4 is 4.74 Å². The molecule has 1 fully saturated rings. The number of ether oxygens (including phenoxy) is 1. The van der Waals surface area contributed by atoms with Crippen LogP contribution in [0.2, 0.25) is 0 Å². The van der Waals surface area contributed by atoms with Gasteiger partial charge in [-0.3, -0.25) is 4.79 Å². The van der Waals surface area contributed by atoms with Crippen LogP contribution in [0.3, 0.4) is 0 Å². The molecule has 1 aromatic carbocycles. The van der Waals surface area contributed by atoms with E-state index in [-0.39, 0.29) is 32.3 Å². The summed E-state index contributed by atoms with van der Waals surface area (Å²) in [5.41, 5.74) is 0. The number of esters is 1. The zero-order chi connectivity index (χ0) is 14.8. The van der Waals surface area contributed by atoms with Crippen LogP contribution in [-0.4, -0.2) is 41.3 Å². The van der Waals surface area contributed by atoms with Crippen LogP contribution in [-0.2, 0) is 25.5 Å². The second-order valence-electron chi connectivity index (χ2n) is 4.56. The molecule has 20 heavy (non-hydrogen) atoms. The highest BCUT2D eigenvalue weighted by molar-refractivity contribution is 14.1. The normalized spacial score (nSPS) is 20.3. The summed E-state index contributed by atoms with van der Waals surface area (Å²) >= 11 is 2.01. The van der Waals surface area contributed by atoms with Gasteiger partial charge >= 0.3 is 5.97 Å². The molecule has 0 aliphatic carbocycles. The van der Waals surface area contributed by atoms with Gasteiger partial charge in [0.25, 0.3) is 0 Å². The van der Waals surface area contributed by atoms with Crippen molar-refractivity contribution < 1.29 is 17.9 Å². The van der Waals surface area contributed by atoms with Gasteiger partial charge in [-0.25, -0.2) is 8.42 Å². The lowest BCUT2D eigenvalue weighted by Gasteiger charge is -2.14. The lowest BCUT2D eigenvalue weighted by atomic mass is 10.3. The molecule has 0 saturated carbocycles. The van der Waals surface area contributed by atoms with Crippen molar-refractivity contribution in [2.45, 2.75) is 15.7 Å². The summed E-state index contributed by atoms with van der Waals surface area (Å²) in [6, 6.07) is 7.42. The summed E-state index contributed by atoms with van der Waals surface area (Å²) < 4.78 is 27.9. The van der Waals surface area contributed by atoms with E-state index in [2.05, 4.69) is 0 Å². The van der Waals surface area contributed by atoms with Gasteiger partial charge in [-0.15, -0.1) is 0 Å².